The van der Waals surface area contributed by atoms with Crippen LogP contribution >= 0.6 is 0 Å². The van der Waals surface area contributed by atoms with E-state index in [1.54, 1.807) is 0 Å². The normalized spacial score (nSPS) is 13.8. The van der Waals surface area contributed by atoms with Crippen LogP contribution in [0.1, 0.15) is 57.9 Å². The summed E-state index contributed by atoms with van der Waals surface area (Å²) in [6.07, 6.45) is 3.98. The van der Waals surface area contributed by atoms with Crippen LogP contribution in [0.25, 0.3) is 0 Å². The summed E-state index contributed by atoms with van der Waals surface area (Å²) in [4.78, 5) is 11.9. The molecule has 2 nitrogen and oxygen atoms in total. The first-order valence-electron chi connectivity index (χ1n) is 7.49. The Morgan fingerprint density at radius 2 is 1.89 bits per heavy atom. The number of benzene rings is 1. The second-order valence-corrected chi connectivity index (χ2v) is 5.42. The Labute approximate surface area is 117 Å². The van der Waals surface area contributed by atoms with Crippen molar-refractivity contribution < 1.29 is 4.79 Å². The Morgan fingerprint density at radius 3 is 2.47 bits per heavy atom. The first-order valence-corrected chi connectivity index (χ1v) is 7.49. The maximum absolute atomic E-state index is 11.9. The molecule has 19 heavy (non-hydrogen) atoms. The lowest BCUT2D eigenvalue weighted by Crippen LogP contribution is -2.29. The van der Waals surface area contributed by atoms with Gasteiger partial charge in [-0.1, -0.05) is 63.9 Å². The minimum atomic E-state index is 0.190. The number of hydrogen-bond acceptors (Lipinski definition) is 1. The number of rotatable bonds is 8. The summed E-state index contributed by atoms with van der Waals surface area (Å²) in [5.41, 5.74) is 1.31. The van der Waals surface area contributed by atoms with E-state index in [1.165, 1.54) is 5.56 Å². The van der Waals surface area contributed by atoms with Crippen molar-refractivity contribution in [3.05, 3.63) is 35.9 Å². The van der Waals surface area contributed by atoms with Gasteiger partial charge in [-0.05, 0) is 17.9 Å². The molecule has 0 aromatic heterocycles. The molecule has 0 aliphatic rings. The number of nitrogens with one attached hydrogen (secondary N) is 1. The molecule has 1 aromatic rings. The molecular weight excluding hydrogens is 234 g/mol. The van der Waals surface area contributed by atoms with Crippen molar-refractivity contribution in [2.24, 2.45) is 5.92 Å². The van der Waals surface area contributed by atoms with Crippen LogP contribution in [0.4, 0.5) is 0 Å². The molecule has 0 aliphatic heterocycles. The highest BCUT2D eigenvalue weighted by atomic mass is 16.1. The molecule has 1 N–H and O–H groups in total. The van der Waals surface area contributed by atoms with Crippen LogP contribution < -0.4 is 5.32 Å². The summed E-state index contributed by atoms with van der Waals surface area (Å²) in [5, 5.41) is 3.08. The van der Waals surface area contributed by atoms with Crippen molar-refractivity contribution in [1.29, 1.82) is 0 Å². The largest absolute Gasteiger partial charge is 0.355 e. The quantitative estimate of drug-likeness (QED) is 0.749. The maximum Gasteiger partial charge on any atom is 0.220 e. The summed E-state index contributed by atoms with van der Waals surface area (Å²) < 4.78 is 0. The number of amides is 1. The van der Waals surface area contributed by atoms with Crippen LogP contribution in [0.3, 0.4) is 0 Å². The lowest BCUT2D eigenvalue weighted by atomic mass is 9.96. The van der Waals surface area contributed by atoms with E-state index in [0.29, 0.717) is 18.3 Å². The Morgan fingerprint density at radius 1 is 1.21 bits per heavy atom. The molecule has 1 amide bonds. The molecule has 0 saturated carbocycles. The van der Waals surface area contributed by atoms with Crippen LogP contribution in [0.5, 0.6) is 0 Å². The monoisotopic (exact) mass is 261 g/mol. The second-order valence-electron chi connectivity index (χ2n) is 5.42. The SMILES string of the molecule is CCCC(C)CC(=O)NCC(CC)c1ccccc1. The van der Waals surface area contributed by atoms with Gasteiger partial charge in [0.2, 0.25) is 5.91 Å². The second kappa shape index (κ2) is 8.73. The highest BCUT2D eigenvalue weighted by molar-refractivity contribution is 5.76. The van der Waals surface area contributed by atoms with Crippen LogP contribution in [0, 0.1) is 5.92 Å². The third-order valence-electron chi connectivity index (χ3n) is 3.62. The zero-order valence-corrected chi connectivity index (χ0v) is 12.5. The Hall–Kier alpha value is -1.31. The van der Waals surface area contributed by atoms with Crippen molar-refractivity contribution in [1.82, 2.24) is 5.32 Å². The van der Waals surface area contributed by atoms with Crippen molar-refractivity contribution in [2.45, 2.75) is 52.4 Å². The van der Waals surface area contributed by atoms with Gasteiger partial charge in [0.15, 0.2) is 0 Å². The maximum atomic E-state index is 11.9. The van der Waals surface area contributed by atoms with E-state index in [9.17, 15) is 4.79 Å². The molecule has 1 rings (SSSR count). The molecule has 106 valence electrons. The first-order chi connectivity index (χ1) is 9.17. The fraction of sp³-hybridized carbons (Fsp3) is 0.588. The molecule has 2 atom stereocenters. The Bertz CT molecular complexity index is 361. The van der Waals surface area contributed by atoms with Crippen molar-refractivity contribution in [3.63, 3.8) is 0 Å². The topological polar surface area (TPSA) is 29.1 Å². The van der Waals surface area contributed by atoms with Gasteiger partial charge in [0, 0.05) is 18.9 Å². The predicted octanol–water partition coefficient (Wildman–Crippen LogP) is 4.12. The van der Waals surface area contributed by atoms with Gasteiger partial charge in [0.25, 0.3) is 0 Å². The van der Waals surface area contributed by atoms with Gasteiger partial charge in [0.05, 0.1) is 0 Å². The van der Waals surface area contributed by atoms with Crippen LogP contribution in [-0.4, -0.2) is 12.5 Å². The summed E-state index contributed by atoms with van der Waals surface area (Å²) in [6, 6.07) is 10.4. The van der Waals surface area contributed by atoms with E-state index in [0.717, 1.165) is 25.8 Å². The number of carbonyl (C=O) groups is 1. The highest BCUT2D eigenvalue weighted by Crippen LogP contribution is 2.18. The van der Waals surface area contributed by atoms with Crippen LogP contribution in [0.2, 0.25) is 0 Å². The van der Waals surface area contributed by atoms with Gasteiger partial charge >= 0.3 is 0 Å². The molecule has 0 aliphatic carbocycles. The van der Waals surface area contributed by atoms with Gasteiger partial charge in [-0.3, -0.25) is 4.79 Å². The summed E-state index contributed by atoms with van der Waals surface area (Å²) in [7, 11) is 0. The van der Waals surface area contributed by atoms with Crippen molar-refractivity contribution in [3.8, 4) is 0 Å². The average Bonchev–Trinajstić information content (AvgIpc) is 2.41. The van der Waals surface area contributed by atoms with Gasteiger partial charge in [-0.25, -0.2) is 0 Å². The van der Waals surface area contributed by atoms with Crippen molar-refractivity contribution >= 4 is 5.91 Å². The van der Waals surface area contributed by atoms with Gasteiger partial charge in [0.1, 0.15) is 0 Å². The molecule has 2 unspecified atom stereocenters. The highest BCUT2D eigenvalue weighted by Gasteiger charge is 2.12. The molecule has 0 spiro atoms. The third kappa shape index (κ3) is 5.91. The standard InChI is InChI=1S/C17H27NO/c1-4-9-14(3)12-17(19)18-13-15(5-2)16-10-7-6-8-11-16/h6-8,10-11,14-15H,4-5,9,12-13H2,1-3H3,(H,18,19). The molecule has 0 heterocycles. The average molecular weight is 261 g/mol. The summed E-state index contributed by atoms with van der Waals surface area (Å²) >= 11 is 0. The zero-order chi connectivity index (χ0) is 14.1. The fourth-order valence-corrected chi connectivity index (χ4v) is 2.44. The Kier molecular flexibility index (Phi) is 7.24. The van der Waals surface area contributed by atoms with E-state index >= 15 is 0 Å². The minimum absolute atomic E-state index is 0.190. The number of hydrogen-bond donors (Lipinski definition) is 1. The third-order valence-corrected chi connectivity index (χ3v) is 3.62. The van der Waals surface area contributed by atoms with E-state index in [4.69, 9.17) is 0 Å². The van der Waals surface area contributed by atoms with Crippen LogP contribution in [-0.2, 0) is 4.79 Å². The van der Waals surface area contributed by atoms with E-state index in [-0.39, 0.29) is 5.91 Å². The lowest BCUT2D eigenvalue weighted by Gasteiger charge is -2.17. The minimum Gasteiger partial charge on any atom is -0.355 e. The molecule has 1 aromatic carbocycles. The molecule has 2 heteroatoms. The van der Waals surface area contributed by atoms with E-state index in [1.807, 2.05) is 6.07 Å². The van der Waals surface area contributed by atoms with Crippen LogP contribution in [0.15, 0.2) is 30.3 Å². The van der Waals surface area contributed by atoms with Gasteiger partial charge in [-0.15, -0.1) is 0 Å². The summed E-state index contributed by atoms with van der Waals surface area (Å²) in [6.45, 7) is 7.23. The fourth-order valence-electron chi connectivity index (χ4n) is 2.44. The molecule has 0 radical (unpaired) electrons. The summed E-state index contributed by atoms with van der Waals surface area (Å²) in [5.74, 6) is 1.10. The molecular formula is C17H27NO. The van der Waals surface area contributed by atoms with E-state index in [2.05, 4.69) is 50.4 Å². The van der Waals surface area contributed by atoms with Crippen molar-refractivity contribution in [2.75, 3.05) is 6.54 Å². The molecule has 0 saturated heterocycles. The smallest absolute Gasteiger partial charge is 0.220 e. The lowest BCUT2D eigenvalue weighted by molar-refractivity contribution is -0.122. The van der Waals surface area contributed by atoms with Gasteiger partial charge < -0.3 is 5.32 Å². The van der Waals surface area contributed by atoms with Gasteiger partial charge in [-0.2, -0.15) is 0 Å². The first kappa shape index (κ1) is 15.7. The zero-order valence-electron chi connectivity index (χ0n) is 12.5. The number of carbonyl (C=O) groups excluding carboxylic acids is 1. The molecule has 0 bridgehead atoms. The predicted molar refractivity (Wildman–Crippen MR) is 81.2 cm³/mol. The van der Waals surface area contributed by atoms with E-state index < -0.39 is 0 Å². The molecule has 0 fully saturated rings. The Balaban J connectivity index is 2.39.